The van der Waals surface area contributed by atoms with E-state index in [9.17, 15) is 12.8 Å². The van der Waals surface area contributed by atoms with E-state index in [-0.39, 0.29) is 10.7 Å². The standard InChI is InChI=1S/C16H21FN4O2S/c1-12-16(13(2)19-18-12)24(22,23)21-9-7-20(8-10-21)11-14-3-5-15(17)6-4-14/h3-6H,7-11H2,1-2H3,(H,18,19). The van der Waals surface area contributed by atoms with Gasteiger partial charge in [0.1, 0.15) is 10.7 Å². The van der Waals surface area contributed by atoms with Crippen LogP contribution >= 0.6 is 0 Å². The monoisotopic (exact) mass is 352 g/mol. The third-order valence-electron chi connectivity index (χ3n) is 4.31. The molecule has 1 aliphatic heterocycles. The second-order valence-electron chi connectivity index (χ2n) is 6.07. The van der Waals surface area contributed by atoms with Crippen molar-refractivity contribution in [2.45, 2.75) is 25.3 Å². The maximum Gasteiger partial charge on any atom is 0.246 e. The number of H-pyrrole nitrogens is 1. The Balaban J connectivity index is 1.65. The van der Waals surface area contributed by atoms with Crippen LogP contribution in [0.5, 0.6) is 0 Å². The fourth-order valence-corrected chi connectivity index (χ4v) is 4.78. The molecule has 6 nitrogen and oxygen atoms in total. The van der Waals surface area contributed by atoms with E-state index in [2.05, 4.69) is 15.1 Å². The molecule has 0 atom stereocenters. The van der Waals surface area contributed by atoms with Gasteiger partial charge in [-0.05, 0) is 31.5 Å². The molecule has 0 radical (unpaired) electrons. The Morgan fingerprint density at radius 2 is 1.75 bits per heavy atom. The lowest BCUT2D eigenvalue weighted by Gasteiger charge is -2.34. The van der Waals surface area contributed by atoms with Gasteiger partial charge in [-0.15, -0.1) is 0 Å². The Bertz CT molecular complexity index is 790. The van der Waals surface area contributed by atoms with E-state index in [0.29, 0.717) is 44.1 Å². The van der Waals surface area contributed by atoms with Gasteiger partial charge in [-0.2, -0.15) is 9.40 Å². The molecule has 1 saturated heterocycles. The predicted molar refractivity (Wildman–Crippen MR) is 88.5 cm³/mol. The highest BCUT2D eigenvalue weighted by molar-refractivity contribution is 7.89. The Morgan fingerprint density at radius 1 is 1.12 bits per heavy atom. The van der Waals surface area contributed by atoms with E-state index in [1.54, 1.807) is 26.0 Å². The van der Waals surface area contributed by atoms with Crippen LogP contribution in [-0.2, 0) is 16.6 Å². The first-order valence-corrected chi connectivity index (χ1v) is 9.30. The Morgan fingerprint density at radius 3 is 2.29 bits per heavy atom. The maximum absolute atomic E-state index is 13.0. The lowest BCUT2D eigenvalue weighted by atomic mass is 10.2. The number of aryl methyl sites for hydroxylation is 2. The smallest absolute Gasteiger partial charge is 0.246 e. The molecule has 3 rings (SSSR count). The minimum Gasteiger partial charge on any atom is -0.296 e. The molecule has 1 N–H and O–H groups in total. The zero-order chi connectivity index (χ0) is 17.3. The number of halogens is 1. The summed E-state index contributed by atoms with van der Waals surface area (Å²) in [4.78, 5) is 2.46. The van der Waals surface area contributed by atoms with Crippen LogP contribution in [0.15, 0.2) is 29.2 Å². The molecule has 130 valence electrons. The van der Waals surface area contributed by atoms with Crippen molar-refractivity contribution in [2.75, 3.05) is 26.2 Å². The molecule has 0 amide bonds. The molecule has 0 unspecified atom stereocenters. The molecule has 1 aromatic carbocycles. The molecule has 1 aliphatic rings. The van der Waals surface area contributed by atoms with Crippen LogP contribution in [0.3, 0.4) is 0 Å². The van der Waals surface area contributed by atoms with Gasteiger partial charge in [0, 0.05) is 32.7 Å². The van der Waals surface area contributed by atoms with Crippen molar-refractivity contribution < 1.29 is 12.8 Å². The topological polar surface area (TPSA) is 69.3 Å². The molecule has 1 fully saturated rings. The maximum atomic E-state index is 13.0. The molecule has 0 spiro atoms. The number of sulfonamides is 1. The molecular formula is C16H21FN4O2S. The van der Waals surface area contributed by atoms with Crippen LogP contribution < -0.4 is 0 Å². The molecule has 0 saturated carbocycles. The van der Waals surface area contributed by atoms with Gasteiger partial charge < -0.3 is 0 Å². The second kappa shape index (κ2) is 6.62. The summed E-state index contributed by atoms with van der Waals surface area (Å²) in [5.41, 5.74) is 2.09. The van der Waals surface area contributed by atoms with Crippen LogP contribution in [0.25, 0.3) is 0 Å². The number of piperazine rings is 1. The first-order valence-electron chi connectivity index (χ1n) is 7.86. The van der Waals surface area contributed by atoms with Gasteiger partial charge in [0.05, 0.1) is 11.4 Å². The average molecular weight is 352 g/mol. The fraction of sp³-hybridized carbons (Fsp3) is 0.438. The number of aromatic nitrogens is 2. The summed E-state index contributed by atoms with van der Waals surface area (Å²) in [5.74, 6) is -0.250. The van der Waals surface area contributed by atoms with Gasteiger partial charge in [-0.1, -0.05) is 12.1 Å². The minimum absolute atomic E-state index is 0.250. The molecule has 2 heterocycles. The number of rotatable bonds is 4. The number of hydrogen-bond acceptors (Lipinski definition) is 4. The number of aromatic amines is 1. The zero-order valence-corrected chi connectivity index (χ0v) is 14.6. The quantitative estimate of drug-likeness (QED) is 0.909. The van der Waals surface area contributed by atoms with Gasteiger partial charge >= 0.3 is 0 Å². The zero-order valence-electron chi connectivity index (χ0n) is 13.8. The summed E-state index contributed by atoms with van der Waals surface area (Å²) in [6.45, 7) is 6.27. The van der Waals surface area contributed by atoms with Gasteiger partial charge in [0.2, 0.25) is 10.0 Å². The molecule has 2 aromatic rings. The van der Waals surface area contributed by atoms with Gasteiger partial charge in [0.25, 0.3) is 0 Å². The van der Waals surface area contributed by atoms with Crippen LogP contribution in [-0.4, -0.2) is 54.0 Å². The van der Waals surface area contributed by atoms with Crippen molar-refractivity contribution >= 4 is 10.0 Å². The van der Waals surface area contributed by atoms with Gasteiger partial charge in [-0.3, -0.25) is 10.00 Å². The van der Waals surface area contributed by atoms with Crippen LogP contribution in [0.4, 0.5) is 4.39 Å². The van der Waals surface area contributed by atoms with E-state index in [4.69, 9.17) is 0 Å². The van der Waals surface area contributed by atoms with Crippen LogP contribution in [0.2, 0.25) is 0 Å². The summed E-state index contributed by atoms with van der Waals surface area (Å²) >= 11 is 0. The average Bonchev–Trinajstić information content (AvgIpc) is 2.89. The van der Waals surface area contributed by atoms with Gasteiger partial charge in [-0.25, -0.2) is 12.8 Å². The van der Waals surface area contributed by atoms with Gasteiger partial charge in [0.15, 0.2) is 0 Å². The summed E-state index contributed by atoms with van der Waals surface area (Å²) in [6.07, 6.45) is 0. The lowest BCUT2D eigenvalue weighted by molar-refractivity contribution is 0.181. The third-order valence-corrected chi connectivity index (χ3v) is 6.47. The molecule has 1 aromatic heterocycles. The highest BCUT2D eigenvalue weighted by Gasteiger charge is 2.32. The summed E-state index contributed by atoms with van der Waals surface area (Å²) in [5, 5.41) is 6.71. The SMILES string of the molecule is Cc1n[nH]c(C)c1S(=O)(=O)N1CCN(Cc2ccc(F)cc2)CC1. The third kappa shape index (κ3) is 3.35. The Hall–Kier alpha value is -1.77. The molecule has 8 heteroatoms. The van der Waals surface area contributed by atoms with Crippen molar-refractivity contribution in [3.8, 4) is 0 Å². The summed E-state index contributed by atoms with van der Waals surface area (Å²) in [7, 11) is -3.52. The summed E-state index contributed by atoms with van der Waals surface area (Å²) in [6, 6.07) is 6.41. The van der Waals surface area contributed by atoms with Crippen molar-refractivity contribution in [1.29, 1.82) is 0 Å². The van der Waals surface area contributed by atoms with E-state index in [1.807, 2.05) is 0 Å². The molecular weight excluding hydrogens is 331 g/mol. The minimum atomic E-state index is -3.52. The normalized spacial score (nSPS) is 17.3. The van der Waals surface area contributed by atoms with E-state index >= 15 is 0 Å². The van der Waals surface area contributed by atoms with Crippen LogP contribution in [0.1, 0.15) is 17.0 Å². The second-order valence-corrected chi connectivity index (χ2v) is 7.94. The van der Waals surface area contributed by atoms with E-state index in [0.717, 1.165) is 5.56 Å². The van der Waals surface area contributed by atoms with E-state index in [1.165, 1.54) is 16.4 Å². The van der Waals surface area contributed by atoms with E-state index < -0.39 is 10.0 Å². The molecule has 0 bridgehead atoms. The highest BCUT2D eigenvalue weighted by Crippen LogP contribution is 2.23. The summed E-state index contributed by atoms with van der Waals surface area (Å²) < 4.78 is 40.1. The number of hydrogen-bond donors (Lipinski definition) is 1. The first-order chi connectivity index (χ1) is 11.4. The fourth-order valence-electron chi connectivity index (χ4n) is 3.03. The van der Waals surface area contributed by atoms with Crippen molar-refractivity contribution in [2.24, 2.45) is 0 Å². The predicted octanol–water partition coefficient (Wildman–Crippen LogP) is 1.67. The van der Waals surface area contributed by atoms with Crippen molar-refractivity contribution in [3.05, 3.63) is 47.0 Å². The largest absolute Gasteiger partial charge is 0.296 e. The lowest BCUT2D eigenvalue weighted by Crippen LogP contribution is -2.48. The highest BCUT2D eigenvalue weighted by atomic mass is 32.2. The first kappa shape index (κ1) is 17.1. The van der Waals surface area contributed by atoms with Crippen molar-refractivity contribution in [3.63, 3.8) is 0 Å². The Labute approximate surface area is 141 Å². The molecule has 0 aliphatic carbocycles. The Kier molecular flexibility index (Phi) is 4.71. The molecule has 24 heavy (non-hydrogen) atoms. The number of nitrogens with one attached hydrogen (secondary N) is 1. The van der Waals surface area contributed by atoms with Crippen LogP contribution in [0, 0.1) is 19.7 Å². The van der Waals surface area contributed by atoms with Crippen molar-refractivity contribution in [1.82, 2.24) is 19.4 Å². The number of nitrogens with zero attached hydrogens (tertiary/aromatic N) is 3. The number of benzene rings is 1.